The van der Waals surface area contributed by atoms with Gasteiger partial charge in [-0.05, 0) is 44.4 Å². The second-order valence-electron chi connectivity index (χ2n) is 7.17. The Morgan fingerprint density at radius 3 is 3.00 bits per heavy atom. The Morgan fingerprint density at radius 2 is 2.16 bits per heavy atom. The molecule has 1 N–H and O–H groups in total. The number of aromatic nitrogens is 3. The zero-order valence-electron chi connectivity index (χ0n) is 14.7. The third-order valence-electron chi connectivity index (χ3n) is 5.12. The molecule has 0 radical (unpaired) electrons. The molecule has 0 saturated carbocycles. The Labute approximate surface area is 148 Å². The summed E-state index contributed by atoms with van der Waals surface area (Å²) in [4.78, 5) is 15.7. The fourth-order valence-electron chi connectivity index (χ4n) is 3.97. The number of hydrogen-bond donors (Lipinski definition) is 1. The highest BCUT2D eigenvalue weighted by molar-refractivity contribution is 5.25. The van der Waals surface area contributed by atoms with E-state index in [1.165, 1.54) is 0 Å². The third kappa shape index (κ3) is 3.96. The molecule has 0 bridgehead atoms. The number of likely N-dealkylation sites (tertiary alicyclic amines) is 1. The predicted molar refractivity (Wildman–Crippen MR) is 96.2 cm³/mol. The molecule has 6 nitrogen and oxygen atoms in total. The Bertz CT molecular complexity index is 710. The summed E-state index contributed by atoms with van der Waals surface area (Å²) in [6.07, 6.45) is 6.63. The van der Waals surface area contributed by atoms with Crippen LogP contribution in [0.15, 0.2) is 36.7 Å². The lowest BCUT2D eigenvalue weighted by Crippen LogP contribution is -2.46. The minimum atomic E-state index is -0.0471. The van der Waals surface area contributed by atoms with Crippen LogP contribution in [0.1, 0.15) is 30.7 Å². The zero-order valence-corrected chi connectivity index (χ0v) is 14.7. The highest BCUT2D eigenvalue weighted by atomic mass is 16.5. The van der Waals surface area contributed by atoms with Gasteiger partial charge in [-0.1, -0.05) is 6.07 Å². The van der Waals surface area contributed by atoms with Gasteiger partial charge in [0.1, 0.15) is 0 Å². The van der Waals surface area contributed by atoms with Gasteiger partial charge in [0, 0.05) is 50.4 Å². The molecule has 4 heterocycles. The van der Waals surface area contributed by atoms with E-state index in [9.17, 15) is 0 Å². The predicted octanol–water partition coefficient (Wildman–Crippen LogP) is 2.42. The molecule has 1 spiro atoms. The smallest absolute Gasteiger partial charge is 0.222 e. The van der Waals surface area contributed by atoms with Crippen LogP contribution in [-0.4, -0.2) is 51.2 Å². The van der Waals surface area contributed by atoms with E-state index in [1.54, 1.807) is 12.4 Å². The summed E-state index contributed by atoms with van der Waals surface area (Å²) >= 11 is 0. The second-order valence-corrected chi connectivity index (χ2v) is 7.17. The monoisotopic (exact) mass is 339 g/mol. The van der Waals surface area contributed by atoms with Gasteiger partial charge in [-0.25, -0.2) is 9.97 Å². The lowest BCUT2D eigenvalue weighted by Gasteiger charge is -2.38. The topological polar surface area (TPSA) is 63.2 Å². The molecule has 0 unspecified atom stereocenters. The second kappa shape index (κ2) is 7.06. The van der Waals surface area contributed by atoms with Crippen molar-refractivity contribution in [3.05, 3.63) is 48.0 Å². The van der Waals surface area contributed by atoms with Crippen LogP contribution >= 0.6 is 0 Å². The van der Waals surface area contributed by atoms with Crippen molar-refractivity contribution in [1.29, 1.82) is 0 Å². The number of aryl methyl sites for hydroxylation is 1. The van der Waals surface area contributed by atoms with Crippen LogP contribution in [0.5, 0.6) is 0 Å². The van der Waals surface area contributed by atoms with E-state index in [0.717, 1.165) is 56.9 Å². The Morgan fingerprint density at radius 1 is 1.28 bits per heavy atom. The van der Waals surface area contributed by atoms with E-state index in [1.807, 2.05) is 19.1 Å². The molecule has 2 atom stereocenters. The van der Waals surface area contributed by atoms with Crippen LogP contribution in [0.2, 0.25) is 0 Å². The molecule has 2 aliphatic rings. The van der Waals surface area contributed by atoms with Gasteiger partial charge in [-0.15, -0.1) is 0 Å². The van der Waals surface area contributed by atoms with Crippen LogP contribution in [0, 0.1) is 6.92 Å². The summed E-state index contributed by atoms with van der Waals surface area (Å²) in [5.74, 6) is 0.711. The van der Waals surface area contributed by atoms with Crippen LogP contribution in [-0.2, 0) is 11.3 Å². The van der Waals surface area contributed by atoms with Gasteiger partial charge in [-0.2, -0.15) is 0 Å². The molecule has 25 heavy (non-hydrogen) atoms. The van der Waals surface area contributed by atoms with Crippen molar-refractivity contribution in [2.75, 3.05) is 25.0 Å². The number of hydrogen-bond acceptors (Lipinski definition) is 6. The molecule has 6 heteroatoms. The number of pyridine rings is 1. The quantitative estimate of drug-likeness (QED) is 0.923. The molecule has 2 aliphatic heterocycles. The summed E-state index contributed by atoms with van der Waals surface area (Å²) in [5.41, 5.74) is 2.17. The lowest BCUT2D eigenvalue weighted by atomic mass is 9.89. The van der Waals surface area contributed by atoms with Gasteiger partial charge in [0.15, 0.2) is 0 Å². The minimum absolute atomic E-state index is 0.0471. The normalized spacial score (nSPS) is 26.8. The van der Waals surface area contributed by atoms with Crippen molar-refractivity contribution >= 4 is 5.95 Å². The van der Waals surface area contributed by atoms with Gasteiger partial charge in [0.25, 0.3) is 0 Å². The van der Waals surface area contributed by atoms with Gasteiger partial charge in [0.2, 0.25) is 5.95 Å². The average molecular weight is 339 g/mol. The van der Waals surface area contributed by atoms with Crippen LogP contribution in [0.3, 0.4) is 0 Å². The van der Waals surface area contributed by atoms with E-state index < -0.39 is 0 Å². The highest BCUT2D eigenvalue weighted by Crippen LogP contribution is 2.35. The van der Waals surface area contributed by atoms with E-state index in [4.69, 9.17) is 4.74 Å². The number of nitrogens with one attached hydrogen (secondary N) is 1. The number of ether oxygens (including phenoxy) is 1. The Balaban J connectivity index is 1.37. The van der Waals surface area contributed by atoms with E-state index in [0.29, 0.717) is 12.0 Å². The maximum atomic E-state index is 6.24. The maximum Gasteiger partial charge on any atom is 0.222 e. The van der Waals surface area contributed by atoms with Gasteiger partial charge < -0.3 is 10.1 Å². The molecule has 0 aromatic carbocycles. The molecule has 2 saturated heterocycles. The Hall–Kier alpha value is -2.05. The van der Waals surface area contributed by atoms with E-state index >= 15 is 0 Å². The first-order chi connectivity index (χ1) is 12.2. The summed E-state index contributed by atoms with van der Waals surface area (Å²) in [6.45, 7) is 5.76. The van der Waals surface area contributed by atoms with Crippen molar-refractivity contribution < 1.29 is 4.74 Å². The first-order valence-electron chi connectivity index (χ1n) is 9.03. The molecule has 0 aliphatic carbocycles. The van der Waals surface area contributed by atoms with Crippen molar-refractivity contribution in [1.82, 2.24) is 19.9 Å². The molecule has 2 fully saturated rings. The van der Waals surface area contributed by atoms with Crippen molar-refractivity contribution in [3.8, 4) is 0 Å². The Kier molecular flexibility index (Phi) is 4.63. The van der Waals surface area contributed by atoms with Crippen molar-refractivity contribution in [2.24, 2.45) is 0 Å². The third-order valence-corrected chi connectivity index (χ3v) is 5.12. The summed E-state index contributed by atoms with van der Waals surface area (Å²) in [5, 5.41) is 3.47. The highest BCUT2D eigenvalue weighted by Gasteiger charge is 2.43. The molecular weight excluding hydrogens is 314 g/mol. The van der Waals surface area contributed by atoms with Gasteiger partial charge in [-0.3, -0.25) is 9.88 Å². The van der Waals surface area contributed by atoms with Crippen LogP contribution in [0.4, 0.5) is 5.95 Å². The largest absolute Gasteiger partial charge is 0.373 e. The minimum Gasteiger partial charge on any atom is -0.373 e. The maximum absolute atomic E-state index is 6.24. The van der Waals surface area contributed by atoms with Gasteiger partial charge >= 0.3 is 0 Å². The molecule has 0 amide bonds. The number of nitrogens with zero attached hydrogens (tertiary/aromatic N) is 4. The molecule has 2 aromatic rings. The fraction of sp³-hybridized carbons (Fsp3) is 0.526. The number of anilines is 1. The molecule has 2 aromatic heterocycles. The zero-order chi connectivity index (χ0) is 17.1. The van der Waals surface area contributed by atoms with E-state index in [2.05, 4.69) is 37.3 Å². The first kappa shape index (κ1) is 16.4. The molecule has 132 valence electrons. The fourth-order valence-corrected chi connectivity index (χ4v) is 3.97. The van der Waals surface area contributed by atoms with Crippen LogP contribution in [0.25, 0.3) is 0 Å². The summed E-state index contributed by atoms with van der Waals surface area (Å²) in [6, 6.07) is 8.44. The summed E-state index contributed by atoms with van der Waals surface area (Å²) in [7, 11) is 0. The average Bonchev–Trinajstić information content (AvgIpc) is 2.97. The SMILES string of the molecule is Cc1cccc(CN2CC[C@@]3(C[C@H](Nc4ncccn4)CCO3)C2)n1. The van der Waals surface area contributed by atoms with Crippen molar-refractivity contribution in [2.45, 2.75) is 44.4 Å². The first-order valence-corrected chi connectivity index (χ1v) is 9.03. The number of rotatable bonds is 4. The lowest BCUT2D eigenvalue weighted by molar-refractivity contribution is -0.0738. The van der Waals surface area contributed by atoms with E-state index in [-0.39, 0.29) is 5.60 Å². The molecular formula is C19H25N5O. The van der Waals surface area contributed by atoms with Gasteiger partial charge in [0.05, 0.1) is 11.3 Å². The molecule has 4 rings (SSSR count). The van der Waals surface area contributed by atoms with Crippen LogP contribution < -0.4 is 5.32 Å². The standard InChI is InChI=1S/C19H25N5O/c1-15-4-2-5-17(22-15)13-24-10-7-19(14-24)12-16(6-11-25-19)23-18-20-8-3-9-21-18/h2-5,8-9,16H,6-7,10-14H2,1H3,(H,20,21,23)/t16-,19-/m1/s1. The van der Waals surface area contributed by atoms with Crippen molar-refractivity contribution in [3.63, 3.8) is 0 Å². The summed E-state index contributed by atoms with van der Waals surface area (Å²) < 4.78 is 6.24.